The second-order valence-electron chi connectivity index (χ2n) is 4.80. The summed E-state index contributed by atoms with van der Waals surface area (Å²) in [6.07, 6.45) is 4.34. The monoisotopic (exact) mass is 264 g/mol. The molecule has 1 saturated heterocycles. The van der Waals surface area contributed by atoms with E-state index in [9.17, 15) is 4.79 Å². The van der Waals surface area contributed by atoms with Gasteiger partial charge in [-0.05, 0) is 49.8 Å². The van der Waals surface area contributed by atoms with Crippen LogP contribution in [0, 0.1) is 6.92 Å². The maximum Gasteiger partial charge on any atom is 0.254 e. The van der Waals surface area contributed by atoms with E-state index in [0.717, 1.165) is 37.1 Å². The Morgan fingerprint density at radius 3 is 2.61 bits per heavy atom. The zero-order valence-corrected chi connectivity index (χ0v) is 11.8. The average Bonchev–Trinajstić information content (AvgIpc) is 2.38. The Balaban J connectivity index is 2.08. The molecule has 1 aliphatic heterocycles. The van der Waals surface area contributed by atoms with Crippen molar-refractivity contribution in [1.82, 2.24) is 4.90 Å². The summed E-state index contributed by atoms with van der Waals surface area (Å²) in [5, 5.41) is 0.710. The normalized spacial score (nSPS) is 16.9. The van der Waals surface area contributed by atoms with Gasteiger partial charge in [0.15, 0.2) is 0 Å². The Bertz CT molecular complexity index is 439. The number of anilines is 1. The molecule has 2 rings (SSSR count). The number of rotatable bonds is 2. The minimum Gasteiger partial charge on any atom is -0.399 e. The van der Waals surface area contributed by atoms with Crippen LogP contribution in [-0.4, -0.2) is 35.4 Å². The lowest BCUT2D eigenvalue weighted by Gasteiger charge is -2.31. The molecular weight excluding hydrogens is 244 g/mol. The van der Waals surface area contributed by atoms with Gasteiger partial charge in [-0.3, -0.25) is 4.79 Å². The van der Waals surface area contributed by atoms with Crippen molar-refractivity contribution >= 4 is 23.4 Å². The highest BCUT2D eigenvalue weighted by atomic mass is 32.2. The average molecular weight is 264 g/mol. The summed E-state index contributed by atoms with van der Waals surface area (Å²) in [6.45, 7) is 3.68. The second kappa shape index (κ2) is 5.65. The molecule has 1 amide bonds. The van der Waals surface area contributed by atoms with Gasteiger partial charge in [-0.15, -0.1) is 0 Å². The lowest BCUT2D eigenvalue weighted by atomic mass is 10.0. The molecule has 0 aliphatic carbocycles. The SMILES string of the molecule is CSC1CCN(C(=O)c2ccc(N)cc2C)CC1. The highest BCUT2D eigenvalue weighted by molar-refractivity contribution is 7.99. The van der Waals surface area contributed by atoms with Crippen molar-refractivity contribution < 1.29 is 4.79 Å². The van der Waals surface area contributed by atoms with Gasteiger partial charge in [0.1, 0.15) is 0 Å². The van der Waals surface area contributed by atoms with Crippen LogP contribution >= 0.6 is 11.8 Å². The number of carbonyl (C=O) groups is 1. The number of aryl methyl sites for hydroxylation is 1. The molecular formula is C14H20N2OS. The number of carbonyl (C=O) groups excluding carboxylic acids is 1. The van der Waals surface area contributed by atoms with Gasteiger partial charge in [0.2, 0.25) is 0 Å². The molecule has 1 aromatic rings. The van der Waals surface area contributed by atoms with Gasteiger partial charge in [0, 0.05) is 29.6 Å². The van der Waals surface area contributed by atoms with E-state index in [2.05, 4.69) is 6.26 Å². The molecule has 2 N–H and O–H groups in total. The number of likely N-dealkylation sites (tertiary alicyclic amines) is 1. The van der Waals surface area contributed by atoms with Crippen LogP contribution < -0.4 is 5.73 Å². The van der Waals surface area contributed by atoms with Crippen LogP contribution in [0.4, 0.5) is 5.69 Å². The Kier molecular flexibility index (Phi) is 4.17. The van der Waals surface area contributed by atoms with Crippen molar-refractivity contribution in [1.29, 1.82) is 0 Å². The maximum atomic E-state index is 12.4. The second-order valence-corrected chi connectivity index (χ2v) is 5.94. The van der Waals surface area contributed by atoms with Gasteiger partial charge in [-0.25, -0.2) is 0 Å². The Morgan fingerprint density at radius 1 is 1.39 bits per heavy atom. The summed E-state index contributed by atoms with van der Waals surface area (Å²) in [4.78, 5) is 14.4. The molecule has 0 aromatic heterocycles. The number of piperidine rings is 1. The van der Waals surface area contributed by atoms with Crippen LogP contribution in [-0.2, 0) is 0 Å². The van der Waals surface area contributed by atoms with E-state index < -0.39 is 0 Å². The maximum absolute atomic E-state index is 12.4. The van der Waals surface area contributed by atoms with E-state index >= 15 is 0 Å². The summed E-state index contributed by atoms with van der Waals surface area (Å²) >= 11 is 1.91. The fraction of sp³-hybridized carbons (Fsp3) is 0.500. The molecule has 0 unspecified atom stereocenters. The lowest BCUT2D eigenvalue weighted by molar-refractivity contribution is 0.0727. The molecule has 1 aromatic carbocycles. The van der Waals surface area contributed by atoms with E-state index in [4.69, 9.17) is 5.73 Å². The summed E-state index contributed by atoms with van der Waals surface area (Å²) in [5.74, 6) is 0.145. The predicted octanol–water partition coefficient (Wildman–Crippen LogP) is 2.54. The third-order valence-electron chi connectivity index (χ3n) is 3.54. The number of nitrogen functional groups attached to an aromatic ring is 1. The molecule has 1 aliphatic rings. The van der Waals surface area contributed by atoms with Crippen molar-refractivity contribution in [3.63, 3.8) is 0 Å². The smallest absolute Gasteiger partial charge is 0.254 e. The van der Waals surface area contributed by atoms with Crippen LogP contribution in [0.3, 0.4) is 0 Å². The van der Waals surface area contributed by atoms with Gasteiger partial charge in [0.25, 0.3) is 5.91 Å². The van der Waals surface area contributed by atoms with Crippen LogP contribution in [0.15, 0.2) is 18.2 Å². The van der Waals surface area contributed by atoms with Crippen LogP contribution in [0.25, 0.3) is 0 Å². The zero-order chi connectivity index (χ0) is 13.1. The zero-order valence-electron chi connectivity index (χ0n) is 11.0. The fourth-order valence-electron chi connectivity index (χ4n) is 2.39. The van der Waals surface area contributed by atoms with Crippen molar-refractivity contribution in [2.75, 3.05) is 25.1 Å². The van der Waals surface area contributed by atoms with Crippen LogP contribution in [0.5, 0.6) is 0 Å². The number of thioether (sulfide) groups is 1. The molecule has 18 heavy (non-hydrogen) atoms. The standard InChI is InChI=1S/C14H20N2OS/c1-10-9-11(15)3-4-13(10)14(17)16-7-5-12(18-2)6-8-16/h3-4,9,12H,5-8,15H2,1-2H3. The van der Waals surface area contributed by atoms with Crippen LogP contribution in [0.1, 0.15) is 28.8 Å². The molecule has 1 fully saturated rings. The summed E-state index contributed by atoms with van der Waals surface area (Å²) in [7, 11) is 0. The highest BCUT2D eigenvalue weighted by Gasteiger charge is 2.23. The van der Waals surface area contributed by atoms with Crippen molar-refractivity contribution in [2.45, 2.75) is 25.0 Å². The number of nitrogens with zero attached hydrogens (tertiary/aromatic N) is 1. The van der Waals surface area contributed by atoms with E-state index in [1.165, 1.54) is 0 Å². The first kappa shape index (κ1) is 13.3. The number of hydrogen-bond acceptors (Lipinski definition) is 3. The Labute approximate surface area is 113 Å². The van der Waals surface area contributed by atoms with Crippen molar-refractivity contribution in [3.8, 4) is 0 Å². The molecule has 0 spiro atoms. The lowest BCUT2D eigenvalue weighted by Crippen LogP contribution is -2.39. The van der Waals surface area contributed by atoms with E-state index in [1.807, 2.05) is 35.7 Å². The van der Waals surface area contributed by atoms with Gasteiger partial charge < -0.3 is 10.6 Å². The fourth-order valence-corrected chi connectivity index (χ4v) is 3.07. The molecule has 1 heterocycles. The van der Waals surface area contributed by atoms with Gasteiger partial charge in [-0.1, -0.05) is 0 Å². The molecule has 98 valence electrons. The highest BCUT2D eigenvalue weighted by Crippen LogP contribution is 2.23. The molecule has 0 radical (unpaired) electrons. The minimum absolute atomic E-state index is 0.145. The minimum atomic E-state index is 0.145. The van der Waals surface area contributed by atoms with Gasteiger partial charge in [0.05, 0.1) is 0 Å². The van der Waals surface area contributed by atoms with Gasteiger partial charge >= 0.3 is 0 Å². The third kappa shape index (κ3) is 2.80. The number of amides is 1. The third-order valence-corrected chi connectivity index (χ3v) is 4.68. The first-order chi connectivity index (χ1) is 8.61. The topological polar surface area (TPSA) is 46.3 Å². The summed E-state index contributed by atoms with van der Waals surface area (Å²) in [6, 6.07) is 5.50. The summed E-state index contributed by atoms with van der Waals surface area (Å²) < 4.78 is 0. The first-order valence-electron chi connectivity index (χ1n) is 6.30. The van der Waals surface area contributed by atoms with Crippen molar-refractivity contribution in [2.24, 2.45) is 0 Å². The van der Waals surface area contributed by atoms with Gasteiger partial charge in [-0.2, -0.15) is 11.8 Å². The first-order valence-corrected chi connectivity index (χ1v) is 7.59. The molecule has 3 nitrogen and oxygen atoms in total. The number of nitrogens with two attached hydrogens (primary N) is 1. The molecule has 0 saturated carbocycles. The van der Waals surface area contributed by atoms with E-state index in [-0.39, 0.29) is 5.91 Å². The Hall–Kier alpha value is -1.16. The predicted molar refractivity (Wildman–Crippen MR) is 78.0 cm³/mol. The van der Waals surface area contributed by atoms with E-state index in [1.54, 1.807) is 6.07 Å². The quantitative estimate of drug-likeness (QED) is 0.835. The van der Waals surface area contributed by atoms with E-state index in [0.29, 0.717) is 10.9 Å². The van der Waals surface area contributed by atoms with Crippen molar-refractivity contribution in [3.05, 3.63) is 29.3 Å². The molecule has 0 atom stereocenters. The number of hydrogen-bond donors (Lipinski definition) is 1. The number of benzene rings is 1. The largest absolute Gasteiger partial charge is 0.399 e. The Morgan fingerprint density at radius 2 is 2.06 bits per heavy atom. The molecule has 0 bridgehead atoms. The molecule has 4 heteroatoms. The van der Waals surface area contributed by atoms with Crippen LogP contribution in [0.2, 0.25) is 0 Å². The summed E-state index contributed by atoms with van der Waals surface area (Å²) in [5.41, 5.74) is 8.18.